The number of unbranched alkanes of at least 4 members (excludes halogenated alkanes) is 15. The van der Waals surface area contributed by atoms with Crippen molar-refractivity contribution in [2.24, 2.45) is 0 Å². The van der Waals surface area contributed by atoms with Crippen molar-refractivity contribution < 1.29 is 28.2 Å². The molecule has 0 saturated heterocycles. The smallest absolute Gasteiger partial charge is 0.305 e. The summed E-state index contributed by atoms with van der Waals surface area (Å²) in [7, 11) is 0. The van der Waals surface area contributed by atoms with Crippen molar-refractivity contribution in [3.63, 3.8) is 0 Å². The van der Waals surface area contributed by atoms with Crippen LogP contribution in [-0.4, -0.2) is 25.2 Å². The highest BCUT2D eigenvalue weighted by molar-refractivity contribution is 7.09. The number of rotatable bonds is 29. The second kappa shape index (κ2) is 26.2. The molecule has 0 radical (unpaired) electrons. The molecule has 2 heterocycles. The Morgan fingerprint density at radius 2 is 0.891 bits per heavy atom. The highest BCUT2D eigenvalue weighted by Crippen LogP contribution is 2.15. The van der Waals surface area contributed by atoms with Crippen molar-refractivity contribution in [2.75, 3.05) is 13.2 Å². The van der Waals surface area contributed by atoms with Gasteiger partial charge in [-0.05, 0) is 25.7 Å². The number of ether oxygens (including phenoxy) is 2. The van der Waals surface area contributed by atoms with E-state index in [1.165, 1.54) is 98.2 Å². The Morgan fingerprint density at radius 1 is 0.543 bits per heavy atom. The molecule has 0 unspecified atom stereocenters. The third-order valence-corrected chi connectivity index (χ3v) is 11.3. The van der Waals surface area contributed by atoms with E-state index in [-0.39, 0.29) is 11.9 Å². The number of aromatic nitrogens is 2. The summed E-state index contributed by atoms with van der Waals surface area (Å²) in [6.45, 7) is 12.0. The maximum Gasteiger partial charge on any atom is 0.305 e. The van der Waals surface area contributed by atoms with Crippen molar-refractivity contribution in [2.45, 2.75) is 182 Å². The van der Waals surface area contributed by atoms with E-state index in [1.807, 2.05) is 0 Å². The molecule has 0 fully saturated rings. The molecule has 262 valence electrons. The molecular formula is C38H66N2O4S2+2. The molecule has 0 saturated carbocycles. The summed E-state index contributed by atoms with van der Waals surface area (Å²) in [5, 5.41) is 0. The minimum Gasteiger partial charge on any atom is -0.465 e. The molecule has 0 aromatic carbocycles. The summed E-state index contributed by atoms with van der Waals surface area (Å²) in [6, 6.07) is 0. The Bertz CT molecular complexity index is 997. The number of nitrogens with zero attached hydrogens (tertiary/aromatic N) is 2. The van der Waals surface area contributed by atoms with E-state index in [1.54, 1.807) is 22.7 Å². The first-order chi connectivity index (χ1) is 22.5. The summed E-state index contributed by atoms with van der Waals surface area (Å²) in [5.41, 5.74) is 7.09. The van der Waals surface area contributed by atoms with E-state index in [0.717, 1.165) is 64.5 Å². The molecular weight excluding hydrogens is 613 g/mol. The summed E-state index contributed by atoms with van der Waals surface area (Å²) in [6.07, 6.45) is 24.4. The topological polar surface area (TPSA) is 60.4 Å². The molecule has 0 aliphatic rings. The normalized spacial score (nSPS) is 11.3. The molecule has 2 aromatic rings. The van der Waals surface area contributed by atoms with E-state index >= 15 is 0 Å². The quantitative estimate of drug-likeness (QED) is 0.0488. The lowest BCUT2D eigenvalue weighted by Crippen LogP contribution is -2.34. The van der Waals surface area contributed by atoms with E-state index in [0.29, 0.717) is 26.1 Å². The molecule has 0 amide bonds. The lowest BCUT2D eigenvalue weighted by Gasteiger charge is -2.05. The zero-order valence-corrected chi connectivity index (χ0v) is 31.5. The van der Waals surface area contributed by atoms with Crippen LogP contribution in [0.1, 0.15) is 163 Å². The van der Waals surface area contributed by atoms with E-state index in [2.05, 4.69) is 47.9 Å². The van der Waals surface area contributed by atoms with E-state index < -0.39 is 0 Å². The van der Waals surface area contributed by atoms with Gasteiger partial charge in [-0.2, -0.15) is 9.13 Å². The zero-order chi connectivity index (χ0) is 33.2. The van der Waals surface area contributed by atoms with Crippen LogP contribution in [-0.2, 0) is 45.0 Å². The van der Waals surface area contributed by atoms with Crippen molar-refractivity contribution in [1.82, 2.24) is 0 Å². The predicted molar refractivity (Wildman–Crippen MR) is 192 cm³/mol. The maximum atomic E-state index is 12.2. The SMILES string of the molecule is CCCCCCCC[n+]1csc(CCOC(=O)CCCCCCCCC(=O)OCCc2sc[n+](CCCCCCCC)c2C)c1C. The van der Waals surface area contributed by atoms with Gasteiger partial charge in [-0.3, -0.25) is 9.59 Å². The fourth-order valence-electron chi connectivity index (χ4n) is 5.85. The Labute approximate surface area is 289 Å². The van der Waals surface area contributed by atoms with Crippen molar-refractivity contribution in [3.05, 3.63) is 32.2 Å². The van der Waals surface area contributed by atoms with Gasteiger partial charge in [-0.15, -0.1) is 0 Å². The maximum absolute atomic E-state index is 12.2. The standard InChI is InChI=1S/C38H66N2O4S2/c1-5-7-9-11-17-21-27-39-31-45-35(33(39)3)25-29-43-37(41)23-19-15-13-14-16-20-24-38(42)44-30-26-36-34(4)40(32-46-36)28-22-18-12-10-8-6-2/h31-32H,5-30H2,1-4H3/q+2. The van der Waals surface area contributed by atoms with Gasteiger partial charge in [0.15, 0.2) is 11.4 Å². The van der Waals surface area contributed by atoms with E-state index in [9.17, 15) is 9.59 Å². The molecule has 2 aromatic heterocycles. The van der Waals surface area contributed by atoms with Crippen LogP contribution in [0.15, 0.2) is 11.0 Å². The van der Waals surface area contributed by atoms with Crippen molar-refractivity contribution in [1.29, 1.82) is 0 Å². The number of thiazole rings is 2. The van der Waals surface area contributed by atoms with Crippen LogP contribution in [0.4, 0.5) is 0 Å². The number of esters is 2. The first kappa shape index (κ1) is 40.4. The average molecular weight is 679 g/mol. The van der Waals surface area contributed by atoms with Crippen LogP contribution in [0.25, 0.3) is 0 Å². The molecule has 0 atom stereocenters. The van der Waals surface area contributed by atoms with Crippen molar-refractivity contribution in [3.8, 4) is 0 Å². The largest absolute Gasteiger partial charge is 0.465 e. The Kier molecular flexibility index (Phi) is 23.0. The third kappa shape index (κ3) is 17.9. The van der Waals surface area contributed by atoms with Gasteiger partial charge in [-0.1, -0.05) is 114 Å². The van der Waals surface area contributed by atoms with Gasteiger partial charge >= 0.3 is 11.9 Å². The second-order valence-corrected chi connectivity index (χ2v) is 14.8. The Balaban J connectivity index is 1.42. The molecule has 46 heavy (non-hydrogen) atoms. The highest BCUT2D eigenvalue weighted by Gasteiger charge is 2.16. The lowest BCUT2D eigenvalue weighted by molar-refractivity contribution is -0.698. The number of aryl methyl sites for hydroxylation is 2. The highest BCUT2D eigenvalue weighted by atomic mass is 32.1. The van der Waals surface area contributed by atoms with Crippen LogP contribution < -0.4 is 9.13 Å². The predicted octanol–water partition coefficient (Wildman–Crippen LogP) is 9.71. The van der Waals surface area contributed by atoms with Crippen LogP contribution in [0.2, 0.25) is 0 Å². The van der Waals surface area contributed by atoms with Crippen LogP contribution in [0.3, 0.4) is 0 Å². The Morgan fingerprint density at radius 3 is 1.28 bits per heavy atom. The summed E-state index contributed by atoms with van der Waals surface area (Å²) in [4.78, 5) is 27.0. The molecule has 0 aliphatic carbocycles. The minimum atomic E-state index is -0.0812. The molecule has 0 N–H and O–H groups in total. The minimum absolute atomic E-state index is 0.0812. The van der Waals surface area contributed by atoms with Gasteiger partial charge in [-0.25, -0.2) is 0 Å². The van der Waals surface area contributed by atoms with Crippen LogP contribution >= 0.6 is 22.7 Å². The number of hydrogen-bond acceptors (Lipinski definition) is 6. The van der Waals surface area contributed by atoms with Gasteiger partial charge in [0.05, 0.1) is 23.0 Å². The molecule has 0 spiro atoms. The van der Waals surface area contributed by atoms with Gasteiger partial charge in [0.25, 0.3) is 0 Å². The van der Waals surface area contributed by atoms with Crippen LogP contribution in [0.5, 0.6) is 0 Å². The molecule has 0 bridgehead atoms. The number of carbonyl (C=O) groups is 2. The fourth-order valence-corrected chi connectivity index (χ4v) is 7.87. The van der Waals surface area contributed by atoms with Gasteiger partial charge in [0.2, 0.25) is 11.0 Å². The first-order valence-electron chi connectivity index (χ1n) is 18.7. The molecule has 6 nitrogen and oxygen atoms in total. The lowest BCUT2D eigenvalue weighted by atomic mass is 10.1. The summed E-state index contributed by atoms with van der Waals surface area (Å²) >= 11 is 3.57. The summed E-state index contributed by atoms with van der Waals surface area (Å²) < 4.78 is 15.8. The molecule has 8 heteroatoms. The van der Waals surface area contributed by atoms with Crippen LogP contribution in [0, 0.1) is 13.8 Å². The molecule has 0 aliphatic heterocycles. The van der Waals surface area contributed by atoms with Gasteiger partial charge in [0, 0.05) is 52.4 Å². The van der Waals surface area contributed by atoms with Gasteiger partial charge < -0.3 is 9.47 Å². The molecule has 2 rings (SSSR count). The van der Waals surface area contributed by atoms with Crippen molar-refractivity contribution >= 4 is 34.6 Å². The first-order valence-corrected chi connectivity index (χ1v) is 20.5. The monoisotopic (exact) mass is 678 g/mol. The third-order valence-electron chi connectivity index (χ3n) is 9.01. The average Bonchev–Trinajstić information content (AvgIpc) is 3.58. The Hall–Kier alpha value is -1.80. The van der Waals surface area contributed by atoms with E-state index in [4.69, 9.17) is 9.47 Å². The van der Waals surface area contributed by atoms with Gasteiger partial charge in [0.1, 0.15) is 13.1 Å². The second-order valence-electron chi connectivity index (χ2n) is 12.9. The number of hydrogen-bond donors (Lipinski definition) is 0. The number of carbonyl (C=O) groups excluding carboxylic acids is 2. The zero-order valence-electron chi connectivity index (χ0n) is 29.9. The summed E-state index contributed by atoms with van der Waals surface area (Å²) in [5.74, 6) is -0.162. The fraction of sp³-hybridized carbons (Fsp3) is 0.789.